The van der Waals surface area contributed by atoms with Crippen LogP contribution in [0.2, 0.25) is 0 Å². The molecule has 0 aliphatic heterocycles. The highest BCUT2D eigenvalue weighted by molar-refractivity contribution is 6.22. The summed E-state index contributed by atoms with van der Waals surface area (Å²) in [5.74, 6) is 0. The smallest absolute Gasteiger partial charge is 0.0574 e. The Bertz CT molecular complexity index is 177. The number of hydrogen-bond acceptors (Lipinski definition) is 0. The van der Waals surface area contributed by atoms with Crippen molar-refractivity contribution in [3.63, 3.8) is 0 Å². The van der Waals surface area contributed by atoms with Gasteiger partial charge in [0.2, 0.25) is 0 Å². The fraction of sp³-hybridized carbons (Fsp3) is 0.400. The monoisotopic (exact) mass is 170 g/mol. The zero-order chi connectivity index (χ0) is 8.85. The van der Waals surface area contributed by atoms with Crippen molar-refractivity contribution in [1.82, 2.24) is 0 Å². The lowest BCUT2D eigenvalue weighted by atomic mass is 10.1. The summed E-state index contributed by atoms with van der Waals surface area (Å²) in [6.45, 7) is 11.4. The van der Waals surface area contributed by atoms with E-state index < -0.39 is 0 Å². The second-order valence-electron chi connectivity index (χ2n) is 2.70. The summed E-state index contributed by atoms with van der Waals surface area (Å²) in [6, 6.07) is 0. The van der Waals surface area contributed by atoms with Crippen molar-refractivity contribution in [1.29, 1.82) is 0 Å². The number of alkyl halides is 1. The van der Waals surface area contributed by atoms with E-state index in [-0.39, 0.29) is 5.38 Å². The fourth-order valence-corrected chi connectivity index (χ4v) is 0.663. The quantitative estimate of drug-likeness (QED) is 0.343. The van der Waals surface area contributed by atoms with Gasteiger partial charge in [0.1, 0.15) is 0 Å². The number of hydrogen-bond donors (Lipinski definition) is 0. The van der Waals surface area contributed by atoms with E-state index in [1.165, 1.54) is 0 Å². The maximum absolute atomic E-state index is 5.94. The molecule has 11 heavy (non-hydrogen) atoms. The largest absolute Gasteiger partial charge is 0.118 e. The molecule has 0 saturated heterocycles. The van der Waals surface area contributed by atoms with Crippen LogP contribution in [-0.2, 0) is 0 Å². The highest BCUT2D eigenvalue weighted by Gasteiger charge is 2.01. The molecule has 0 N–H and O–H groups in total. The summed E-state index contributed by atoms with van der Waals surface area (Å²) in [5.41, 5.74) is 2.18. The number of halogens is 1. The van der Waals surface area contributed by atoms with E-state index in [0.717, 1.165) is 17.6 Å². The van der Waals surface area contributed by atoms with Crippen molar-refractivity contribution >= 4 is 11.6 Å². The lowest BCUT2D eigenvalue weighted by Gasteiger charge is -2.04. The Morgan fingerprint density at radius 2 is 2.09 bits per heavy atom. The molecule has 0 radical (unpaired) electrons. The molecule has 0 aliphatic carbocycles. The van der Waals surface area contributed by atoms with Crippen LogP contribution in [0.5, 0.6) is 0 Å². The van der Waals surface area contributed by atoms with Crippen LogP contribution in [0, 0.1) is 0 Å². The van der Waals surface area contributed by atoms with Gasteiger partial charge in [0.25, 0.3) is 0 Å². The minimum atomic E-state index is 0.0601. The average molecular weight is 171 g/mol. The maximum Gasteiger partial charge on any atom is 0.0574 e. The predicted octanol–water partition coefficient (Wildman–Crippen LogP) is 3.69. The Morgan fingerprint density at radius 3 is 2.45 bits per heavy atom. The van der Waals surface area contributed by atoms with Crippen LogP contribution in [0.4, 0.5) is 0 Å². The summed E-state index contributed by atoms with van der Waals surface area (Å²) in [4.78, 5) is 0. The highest BCUT2D eigenvalue weighted by Crippen LogP contribution is 2.13. The van der Waals surface area contributed by atoms with Crippen molar-refractivity contribution in [3.05, 3.63) is 36.5 Å². The molecule has 0 rings (SSSR count). The molecule has 0 saturated carbocycles. The SMILES string of the molecule is C=CC(C)=CCC(Cl)C(=C)C. The molecule has 62 valence electrons. The Kier molecular flexibility index (Phi) is 4.97. The fourth-order valence-electron chi connectivity index (χ4n) is 0.574. The third kappa shape index (κ3) is 4.86. The van der Waals surface area contributed by atoms with Crippen molar-refractivity contribution in [3.8, 4) is 0 Å². The van der Waals surface area contributed by atoms with Crippen LogP contribution >= 0.6 is 11.6 Å². The van der Waals surface area contributed by atoms with Crippen molar-refractivity contribution in [2.45, 2.75) is 25.6 Å². The third-order valence-electron chi connectivity index (χ3n) is 1.50. The molecule has 1 heteroatoms. The second-order valence-corrected chi connectivity index (χ2v) is 3.23. The summed E-state index contributed by atoms with van der Waals surface area (Å²) in [7, 11) is 0. The molecule has 0 spiro atoms. The zero-order valence-electron chi connectivity index (χ0n) is 7.23. The van der Waals surface area contributed by atoms with Crippen LogP contribution in [0.15, 0.2) is 36.5 Å². The highest BCUT2D eigenvalue weighted by atomic mass is 35.5. The van der Waals surface area contributed by atoms with Gasteiger partial charge in [-0.3, -0.25) is 0 Å². The van der Waals surface area contributed by atoms with Gasteiger partial charge in [-0.2, -0.15) is 0 Å². The van der Waals surface area contributed by atoms with Crippen molar-refractivity contribution in [2.75, 3.05) is 0 Å². The average Bonchev–Trinajstić information content (AvgIpc) is 1.99. The van der Waals surface area contributed by atoms with E-state index in [4.69, 9.17) is 11.6 Å². The van der Waals surface area contributed by atoms with E-state index in [1.807, 2.05) is 19.9 Å². The van der Waals surface area contributed by atoms with E-state index >= 15 is 0 Å². The van der Waals surface area contributed by atoms with Gasteiger partial charge in [-0.15, -0.1) is 11.6 Å². The third-order valence-corrected chi connectivity index (χ3v) is 2.05. The molecule has 0 bridgehead atoms. The van der Waals surface area contributed by atoms with Gasteiger partial charge in [0.15, 0.2) is 0 Å². The van der Waals surface area contributed by atoms with Crippen LogP contribution < -0.4 is 0 Å². The van der Waals surface area contributed by atoms with Gasteiger partial charge >= 0.3 is 0 Å². The first kappa shape index (κ1) is 10.5. The molecule has 0 aromatic heterocycles. The summed E-state index contributed by atoms with van der Waals surface area (Å²) >= 11 is 5.94. The summed E-state index contributed by atoms with van der Waals surface area (Å²) in [6.07, 6.45) is 4.73. The van der Waals surface area contributed by atoms with Gasteiger partial charge in [0, 0.05) is 0 Å². The summed E-state index contributed by atoms with van der Waals surface area (Å²) < 4.78 is 0. The van der Waals surface area contributed by atoms with Crippen LogP contribution in [0.1, 0.15) is 20.3 Å². The Morgan fingerprint density at radius 1 is 1.55 bits per heavy atom. The van der Waals surface area contributed by atoms with Crippen molar-refractivity contribution < 1.29 is 0 Å². The lowest BCUT2D eigenvalue weighted by molar-refractivity contribution is 0.985. The van der Waals surface area contributed by atoms with E-state index in [0.29, 0.717) is 0 Å². The van der Waals surface area contributed by atoms with Gasteiger partial charge in [-0.25, -0.2) is 0 Å². The first-order valence-corrected chi connectivity index (χ1v) is 4.10. The Hall–Kier alpha value is -0.490. The summed E-state index contributed by atoms with van der Waals surface area (Å²) in [5, 5.41) is 0.0601. The molecular weight excluding hydrogens is 156 g/mol. The molecule has 0 aliphatic rings. The molecular formula is C10H15Cl. The minimum Gasteiger partial charge on any atom is -0.118 e. The van der Waals surface area contributed by atoms with Gasteiger partial charge in [-0.1, -0.05) is 36.5 Å². The van der Waals surface area contributed by atoms with E-state index in [2.05, 4.69) is 19.2 Å². The molecule has 1 unspecified atom stereocenters. The zero-order valence-corrected chi connectivity index (χ0v) is 7.99. The lowest BCUT2D eigenvalue weighted by Crippen LogP contribution is -1.96. The Balaban J connectivity index is 3.87. The number of rotatable bonds is 4. The van der Waals surface area contributed by atoms with E-state index in [1.54, 1.807) is 0 Å². The molecule has 1 atom stereocenters. The predicted molar refractivity (Wildman–Crippen MR) is 53.0 cm³/mol. The van der Waals surface area contributed by atoms with Crippen LogP contribution in [0.25, 0.3) is 0 Å². The van der Waals surface area contributed by atoms with Crippen molar-refractivity contribution in [2.24, 2.45) is 0 Å². The molecule has 0 heterocycles. The normalized spacial score (nSPS) is 14.3. The molecule has 0 nitrogen and oxygen atoms in total. The standard InChI is InChI=1S/C10H15Cl/c1-5-9(4)6-7-10(11)8(2)3/h5-6,10H,1-2,7H2,3-4H3. The van der Waals surface area contributed by atoms with E-state index in [9.17, 15) is 0 Å². The first-order valence-electron chi connectivity index (χ1n) is 3.66. The molecule has 0 fully saturated rings. The van der Waals surface area contributed by atoms with Gasteiger partial charge in [-0.05, 0) is 20.3 Å². The molecule has 0 amide bonds. The van der Waals surface area contributed by atoms with Crippen LogP contribution in [0.3, 0.4) is 0 Å². The molecule has 0 aromatic carbocycles. The first-order chi connectivity index (χ1) is 5.07. The van der Waals surface area contributed by atoms with Crippen LogP contribution in [-0.4, -0.2) is 5.38 Å². The Labute approximate surface area is 74.3 Å². The topological polar surface area (TPSA) is 0 Å². The molecule has 0 aromatic rings. The maximum atomic E-state index is 5.94. The minimum absolute atomic E-state index is 0.0601. The van der Waals surface area contributed by atoms with Gasteiger partial charge < -0.3 is 0 Å². The van der Waals surface area contributed by atoms with Gasteiger partial charge in [0.05, 0.1) is 5.38 Å². The number of allylic oxidation sites excluding steroid dienone is 4. The second kappa shape index (κ2) is 5.20.